The van der Waals surface area contributed by atoms with Crippen LogP contribution in [0.3, 0.4) is 0 Å². The van der Waals surface area contributed by atoms with Crippen LogP contribution in [0.25, 0.3) is 11.3 Å². The van der Waals surface area contributed by atoms with Crippen LogP contribution in [0.1, 0.15) is 18.3 Å². The first-order valence-electron chi connectivity index (χ1n) is 6.08. The van der Waals surface area contributed by atoms with E-state index in [9.17, 15) is 0 Å². The highest BCUT2D eigenvalue weighted by molar-refractivity contribution is 5.86. The van der Waals surface area contributed by atoms with E-state index in [-0.39, 0.29) is 49.4 Å². The van der Waals surface area contributed by atoms with E-state index in [1.165, 1.54) is 0 Å². The Morgan fingerprint density at radius 2 is 2.05 bits per heavy atom. The van der Waals surface area contributed by atoms with Crippen molar-refractivity contribution < 1.29 is 4.74 Å². The number of pyridine rings is 1. The van der Waals surface area contributed by atoms with Crippen molar-refractivity contribution in [2.45, 2.75) is 18.6 Å². The normalized spacial score (nSPS) is 20.0. The van der Waals surface area contributed by atoms with E-state index < -0.39 is 0 Å². The third-order valence-electron chi connectivity index (χ3n) is 3.32. The van der Waals surface area contributed by atoms with Crippen molar-refractivity contribution in [1.82, 2.24) is 20.3 Å². The van der Waals surface area contributed by atoms with Gasteiger partial charge in [0.2, 0.25) is 0 Å². The van der Waals surface area contributed by atoms with Crippen LogP contribution in [-0.4, -0.2) is 34.7 Å². The minimum Gasteiger partial charge on any atom is -0.380 e. The molecule has 0 spiro atoms. The molecule has 0 amide bonds. The van der Waals surface area contributed by atoms with Crippen molar-refractivity contribution in [3.05, 3.63) is 36.5 Å². The van der Waals surface area contributed by atoms with E-state index in [0.29, 0.717) is 0 Å². The lowest BCUT2D eigenvalue weighted by molar-refractivity contribution is 0.117. The van der Waals surface area contributed by atoms with Crippen LogP contribution in [0.5, 0.6) is 0 Å². The minimum atomic E-state index is 0. The summed E-state index contributed by atoms with van der Waals surface area (Å²) in [5.74, 6) is 0.966. The predicted octanol–water partition coefficient (Wildman–Crippen LogP) is 2.79. The molecule has 2 N–H and O–H groups in total. The van der Waals surface area contributed by atoms with Gasteiger partial charge >= 0.3 is 0 Å². The molecule has 0 aromatic carbocycles. The van der Waals surface area contributed by atoms with Crippen molar-refractivity contribution in [3.8, 4) is 11.3 Å². The van der Waals surface area contributed by atoms with E-state index in [0.717, 1.165) is 30.0 Å². The molecule has 2 atom stereocenters. The second-order valence-corrected chi connectivity index (χ2v) is 4.48. The summed E-state index contributed by atoms with van der Waals surface area (Å²) in [6.45, 7) is 0.879. The van der Waals surface area contributed by atoms with E-state index >= 15 is 0 Å². The van der Waals surface area contributed by atoms with Crippen LogP contribution >= 0.6 is 37.2 Å². The molecule has 1 fully saturated rings. The Bertz CT molecular complexity index is 523. The van der Waals surface area contributed by atoms with Crippen LogP contribution in [0.15, 0.2) is 30.7 Å². The van der Waals surface area contributed by atoms with Gasteiger partial charge in [-0.15, -0.1) is 37.2 Å². The van der Waals surface area contributed by atoms with Gasteiger partial charge in [0.15, 0.2) is 0 Å². The lowest BCUT2D eigenvalue weighted by Gasteiger charge is -2.06. The van der Waals surface area contributed by atoms with E-state index in [2.05, 4.69) is 20.3 Å². The van der Waals surface area contributed by atoms with E-state index in [1.54, 1.807) is 13.3 Å². The van der Waals surface area contributed by atoms with Gasteiger partial charge in [0.25, 0.3) is 0 Å². The summed E-state index contributed by atoms with van der Waals surface area (Å²) in [6, 6.07) is 4.19. The molecular formula is C13H19Cl3N4O. The third kappa shape index (κ3) is 4.56. The fraction of sp³-hybridized carbons (Fsp3) is 0.385. The summed E-state index contributed by atoms with van der Waals surface area (Å²) in [6.07, 6.45) is 6.69. The number of rotatable bonds is 3. The molecule has 118 valence electrons. The first-order valence-corrected chi connectivity index (χ1v) is 6.08. The highest BCUT2D eigenvalue weighted by atomic mass is 35.5. The number of imidazole rings is 1. The SMILES string of the molecule is CO[C@H]1CN[C@H](c2ncc(-c3cccnc3)[nH]2)C1.Cl.Cl.Cl. The highest BCUT2D eigenvalue weighted by Crippen LogP contribution is 2.24. The number of aromatic amines is 1. The summed E-state index contributed by atoms with van der Waals surface area (Å²) in [4.78, 5) is 11.9. The molecule has 2 aromatic heterocycles. The lowest BCUT2D eigenvalue weighted by atomic mass is 10.2. The fourth-order valence-corrected chi connectivity index (χ4v) is 2.27. The summed E-state index contributed by atoms with van der Waals surface area (Å²) < 4.78 is 5.34. The van der Waals surface area contributed by atoms with Gasteiger partial charge in [0.05, 0.1) is 24.0 Å². The summed E-state index contributed by atoms with van der Waals surface area (Å²) >= 11 is 0. The first kappa shape index (κ1) is 20.1. The Labute approximate surface area is 142 Å². The van der Waals surface area contributed by atoms with Crippen LogP contribution in [-0.2, 0) is 4.74 Å². The Morgan fingerprint density at radius 3 is 2.67 bits per heavy atom. The molecule has 1 saturated heterocycles. The standard InChI is InChI=1S/C13H16N4O.3ClH/c1-18-10-5-11(15-7-10)13-16-8-12(17-13)9-3-2-4-14-6-9;;;/h2-4,6,8,10-11,15H,5,7H2,1H3,(H,16,17);3*1H/t10-,11+;;;/m1.../s1. The average molecular weight is 354 g/mol. The number of nitrogens with one attached hydrogen (secondary N) is 2. The number of nitrogens with zero attached hydrogens (tertiary/aromatic N) is 2. The molecule has 1 aliphatic heterocycles. The van der Waals surface area contributed by atoms with Crippen molar-refractivity contribution in [2.75, 3.05) is 13.7 Å². The van der Waals surface area contributed by atoms with Crippen molar-refractivity contribution in [3.63, 3.8) is 0 Å². The molecule has 8 heteroatoms. The molecule has 3 rings (SSSR count). The molecule has 0 bridgehead atoms. The van der Waals surface area contributed by atoms with Crippen LogP contribution < -0.4 is 5.32 Å². The Morgan fingerprint density at radius 1 is 1.24 bits per heavy atom. The van der Waals surface area contributed by atoms with Crippen molar-refractivity contribution in [2.24, 2.45) is 0 Å². The van der Waals surface area contributed by atoms with Crippen LogP contribution in [0.4, 0.5) is 0 Å². The summed E-state index contributed by atoms with van der Waals surface area (Å²) in [5, 5.41) is 3.40. The predicted molar refractivity (Wildman–Crippen MR) is 89.7 cm³/mol. The molecule has 21 heavy (non-hydrogen) atoms. The summed E-state index contributed by atoms with van der Waals surface area (Å²) in [5.41, 5.74) is 2.05. The maximum atomic E-state index is 5.34. The molecule has 3 heterocycles. The zero-order valence-corrected chi connectivity index (χ0v) is 13.9. The van der Waals surface area contributed by atoms with Gasteiger partial charge in [0, 0.05) is 31.6 Å². The number of methoxy groups -OCH3 is 1. The average Bonchev–Trinajstić information content (AvgIpc) is 3.08. The maximum absolute atomic E-state index is 5.34. The molecule has 0 unspecified atom stereocenters. The number of H-pyrrole nitrogens is 1. The highest BCUT2D eigenvalue weighted by Gasteiger charge is 2.27. The van der Waals surface area contributed by atoms with Gasteiger partial charge in [-0.05, 0) is 18.6 Å². The third-order valence-corrected chi connectivity index (χ3v) is 3.32. The monoisotopic (exact) mass is 352 g/mol. The molecule has 0 aliphatic carbocycles. The quantitative estimate of drug-likeness (QED) is 0.890. The molecule has 0 saturated carbocycles. The van der Waals surface area contributed by atoms with Crippen molar-refractivity contribution in [1.29, 1.82) is 0 Å². The molecule has 5 nitrogen and oxygen atoms in total. The molecular weight excluding hydrogens is 335 g/mol. The number of hydrogen-bond donors (Lipinski definition) is 2. The van der Waals surface area contributed by atoms with Crippen LogP contribution in [0, 0.1) is 0 Å². The zero-order chi connectivity index (χ0) is 12.4. The number of halogens is 3. The molecule has 1 aliphatic rings. The first-order chi connectivity index (χ1) is 8.86. The minimum absolute atomic E-state index is 0. The van der Waals surface area contributed by atoms with Gasteiger partial charge in [0.1, 0.15) is 5.82 Å². The largest absolute Gasteiger partial charge is 0.380 e. The van der Waals surface area contributed by atoms with Gasteiger partial charge in [-0.3, -0.25) is 4.98 Å². The van der Waals surface area contributed by atoms with Gasteiger partial charge in [-0.2, -0.15) is 0 Å². The lowest BCUT2D eigenvalue weighted by Crippen LogP contribution is -2.16. The second kappa shape index (κ2) is 9.23. The molecule has 2 aromatic rings. The Kier molecular flexibility index (Phi) is 8.85. The zero-order valence-electron chi connectivity index (χ0n) is 11.5. The smallest absolute Gasteiger partial charge is 0.123 e. The number of hydrogen-bond acceptors (Lipinski definition) is 4. The molecule has 0 radical (unpaired) electrons. The van der Waals surface area contributed by atoms with Gasteiger partial charge in [-0.1, -0.05) is 0 Å². The van der Waals surface area contributed by atoms with Gasteiger partial charge in [-0.25, -0.2) is 4.98 Å². The maximum Gasteiger partial charge on any atom is 0.123 e. The number of aromatic nitrogens is 3. The van der Waals surface area contributed by atoms with Crippen molar-refractivity contribution >= 4 is 37.2 Å². The topological polar surface area (TPSA) is 62.8 Å². The fourth-order valence-electron chi connectivity index (χ4n) is 2.27. The summed E-state index contributed by atoms with van der Waals surface area (Å²) in [7, 11) is 1.75. The van der Waals surface area contributed by atoms with E-state index in [1.807, 2.05) is 24.5 Å². The number of ether oxygens (including phenoxy) is 1. The Balaban J connectivity index is 0.00000133. The second-order valence-electron chi connectivity index (χ2n) is 4.48. The Hall–Kier alpha value is -0.850. The van der Waals surface area contributed by atoms with Crippen LogP contribution in [0.2, 0.25) is 0 Å². The van der Waals surface area contributed by atoms with E-state index in [4.69, 9.17) is 4.74 Å². The van der Waals surface area contributed by atoms with Gasteiger partial charge < -0.3 is 15.0 Å².